The van der Waals surface area contributed by atoms with Crippen molar-refractivity contribution >= 4 is 0 Å². The Kier molecular flexibility index (Phi) is 11.8. The van der Waals surface area contributed by atoms with Crippen molar-refractivity contribution in [2.75, 3.05) is 6.61 Å². The Hall–Kier alpha value is -0.700. The molecule has 184 valence electrons. The zero-order valence-electron chi connectivity index (χ0n) is 20.6. The van der Waals surface area contributed by atoms with Gasteiger partial charge < -0.3 is 4.74 Å². The predicted octanol–water partition coefficient (Wildman–Crippen LogP) is 9.48. The van der Waals surface area contributed by atoms with Crippen molar-refractivity contribution < 1.29 is 13.5 Å². The minimum Gasteiger partial charge on any atom is -0.374 e. The molecule has 3 aliphatic rings. The Labute approximate surface area is 196 Å². The summed E-state index contributed by atoms with van der Waals surface area (Å²) >= 11 is 0. The monoisotopic (exact) mass is 450 g/mol. The van der Waals surface area contributed by atoms with Gasteiger partial charge >= 0.3 is 0 Å². The molecule has 3 rings (SSSR count). The van der Waals surface area contributed by atoms with E-state index in [9.17, 15) is 8.78 Å². The fraction of sp³-hybridized carbons (Fsp3) is 0.862. The Balaban J connectivity index is 1.20. The first-order valence-electron chi connectivity index (χ1n) is 13.9. The van der Waals surface area contributed by atoms with E-state index in [1.165, 1.54) is 89.9 Å². The molecule has 2 atom stereocenters. The van der Waals surface area contributed by atoms with Gasteiger partial charge in [-0.1, -0.05) is 57.6 Å². The first-order chi connectivity index (χ1) is 15.6. The van der Waals surface area contributed by atoms with Crippen LogP contribution in [0.2, 0.25) is 0 Å². The fourth-order valence-electron chi connectivity index (χ4n) is 6.59. The van der Waals surface area contributed by atoms with Gasteiger partial charge in [-0.2, -0.15) is 8.78 Å². The second-order valence-electron chi connectivity index (χ2n) is 11.1. The van der Waals surface area contributed by atoms with Gasteiger partial charge in [-0.25, -0.2) is 0 Å². The van der Waals surface area contributed by atoms with Crippen molar-refractivity contribution in [1.29, 1.82) is 0 Å². The van der Waals surface area contributed by atoms with E-state index in [0.717, 1.165) is 49.2 Å². The Morgan fingerprint density at radius 2 is 1.38 bits per heavy atom. The summed E-state index contributed by atoms with van der Waals surface area (Å²) in [6.07, 6.45) is 26.3. The minimum absolute atomic E-state index is 0.373. The Morgan fingerprint density at radius 1 is 0.781 bits per heavy atom. The predicted molar refractivity (Wildman–Crippen MR) is 131 cm³/mol. The smallest absolute Gasteiger partial charge is 0.266 e. The molecule has 0 bridgehead atoms. The minimum atomic E-state index is -1.50. The van der Waals surface area contributed by atoms with Crippen molar-refractivity contribution in [2.24, 2.45) is 29.6 Å². The molecule has 0 radical (unpaired) electrons. The van der Waals surface area contributed by atoms with Gasteiger partial charge in [0.2, 0.25) is 0 Å². The van der Waals surface area contributed by atoms with Crippen LogP contribution in [-0.4, -0.2) is 12.7 Å². The van der Waals surface area contributed by atoms with Crippen LogP contribution in [0.5, 0.6) is 0 Å². The highest BCUT2D eigenvalue weighted by Crippen LogP contribution is 2.43. The fourth-order valence-corrected chi connectivity index (χ4v) is 6.59. The molecule has 1 heterocycles. The van der Waals surface area contributed by atoms with Gasteiger partial charge in [-0.15, -0.1) is 0 Å². The molecular formula is C29H48F2O. The molecule has 32 heavy (non-hydrogen) atoms. The van der Waals surface area contributed by atoms with Crippen LogP contribution in [0.25, 0.3) is 0 Å². The summed E-state index contributed by atoms with van der Waals surface area (Å²) < 4.78 is 30.7. The number of ether oxygens (including phenoxy) is 1. The van der Waals surface area contributed by atoms with E-state index in [0.29, 0.717) is 18.4 Å². The maximum Gasteiger partial charge on any atom is 0.266 e. The molecule has 2 unspecified atom stereocenters. The second-order valence-corrected chi connectivity index (χ2v) is 11.1. The Bertz CT molecular complexity index is 544. The average Bonchev–Trinajstić information content (AvgIpc) is 2.82. The van der Waals surface area contributed by atoms with E-state index in [1.54, 1.807) is 0 Å². The summed E-state index contributed by atoms with van der Waals surface area (Å²) in [5.74, 6) is 4.03. The second kappa shape index (κ2) is 14.5. The Morgan fingerprint density at radius 3 is 1.94 bits per heavy atom. The van der Waals surface area contributed by atoms with Crippen LogP contribution in [0.4, 0.5) is 8.78 Å². The van der Waals surface area contributed by atoms with E-state index in [4.69, 9.17) is 4.74 Å². The van der Waals surface area contributed by atoms with Crippen LogP contribution in [0, 0.1) is 29.6 Å². The van der Waals surface area contributed by atoms with Crippen LogP contribution < -0.4 is 0 Å². The molecule has 0 aromatic carbocycles. The molecule has 3 heteroatoms. The molecule has 0 N–H and O–H groups in total. The molecule has 1 saturated heterocycles. The lowest BCUT2D eigenvalue weighted by molar-refractivity contribution is 0.00759. The molecule has 1 aliphatic heterocycles. The lowest BCUT2D eigenvalue weighted by Gasteiger charge is -2.38. The zero-order chi connectivity index (χ0) is 22.6. The zero-order valence-corrected chi connectivity index (χ0v) is 20.6. The maximum atomic E-state index is 12.3. The molecule has 2 aliphatic carbocycles. The third-order valence-corrected chi connectivity index (χ3v) is 8.74. The van der Waals surface area contributed by atoms with Crippen LogP contribution in [0.1, 0.15) is 116 Å². The van der Waals surface area contributed by atoms with Gasteiger partial charge in [0.25, 0.3) is 6.08 Å². The lowest BCUT2D eigenvalue weighted by atomic mass is 9.68. The van der Waals surface area contributed by atoms with Gasteiger partial charge in [0, 0.05) is 0 Å². The highest BCUT2D eigenvalue weighted by atomic mass is 19.3. The standard InChI is InChI=1S/C29H48F2O/c1-2-3-4-9-28-20-14-25(22-32-28)8-6-5-7-23-10-16-26(17-11-23)27-18-12-24(13-19-27)15-21-29(30)31/h4,9,21,23-28H,2-3,5-8,10-20,22H2,1H3/b9-4+. The molecule has 0 aromatic rings. The number of halogens is 2. The summed E-state index contributed by atoms with van der Waals surface area (Å²) in [6, 6.07) is 0. The number of hydrogen-bond donors (Lipinski definition) is 0. The SMILES string of the molecule is CCC/C=C/C1CCC(CCCCC2CCC(C3CCC(CC=C(F)F)CC3)CC2)CO1. The van der Waals surface area contributed by atoms with Crippen LogP contribution in [-0.2, 0) is 4.74 Å². The number of rotatable bonds is 11. The van der Waals surface area contributed by atoms with E-state index in [2.05, 4.69) is 19.1 Å². The summed E-state index contributed by atoms with van der Waals surface area (Å²) in [4.78, 5) is 0. The van der Waals surface area contributed by atoms with Crippen molar-refractivity contribution in [3.63, 3.8) is 0 Å². The average molecular weight is 451 g/mol. The summed E-state index contributed by atoms with van der Waals surface area (Å²) in [6.45, 7) is 3.19. The largest absolute Gasteiger partial charge is 0.374 e. The van der Waals surface area contributed by atoms with E-state index >= 15 is 0 Å². The van der Waals surface area contributed by atoms with Crippen LogP contribution in [0.15, 0.2) is 24.3 Å². The van der Waals surface area contributed by atoms with Gasteiger partial charge in [0.15, 0.2) is 0 Å². The van der Waals surface area contributed by atoms with Crippen LogP contribution >= 0.6 is 0 Å². The first-order valence-corrected chi connectivity index (χ1v) is 13.9. The van der Waals surface area contributed by atoms with Crippen molar-refractivity contribution in [2.45, 2.75) is 122 Å². The maximum absolute atomic E-state index is 12.3. The van der Waals surface area contributed by atoms with Crippen molar-refractivity contribution in [1.82, 2.24) is 0 Å². The summed E-state index contributed by atoms with van der Waals surface area (Å²) in [5.41, 5.74) is 0. The van der Waals surface area contributed by atoms with E-state index in [1.807, 2.05) is 0 Å². The molecule has 3 fully saturated rings. The summed E-state index contributed by atoms with van der Waals surface area (Å²) in [7, 11) is 0. The van der Waals surface area contributed by atoms with E-state index < -0.39 is 6.08 Å². The van der Waals surface area contributed by atoms with Crippen molar-refractivity contribution in [3.05, 3.63) is 24.3 Å². The number of unbranched alkanes of at least 4 members (excludes halogenated alkanes) is 2. The number of hydrogen-bond acceptors (Lipinski definition) is 1. The summed E-state index contributed by atoms with van der Waals surface area (Å²) in [5, 5.41) is 0. The molecule has 2 saturated carbocycles. The molecule has 1 nitrogen and oxygen atoms in total. The van der Waals surface area contributed by atoms with Gasteiger partial charge in [-0.3, -0.25) is 0 Å². The van der Waals surface area contributed by atoms with Gasteiger partial charge in [0.05, 0.1) is 12.7 Å². The van der Waals surface area contributed by atoms with Crippen LogP contribution in [0.3, 0.4) is 0 Å². The molecule has 0 aromatic heterocycles. The van der Waals surface area contributed by atoms with Crippen molar-refractivity contribution in [3.8, 4) is 0 Å². The highest BCUT2D eigenvalue weighted by molar-refractivity contribution is 4.91. The molecule has 0 spiro atoms. The normalized spacial score (nSPS) is 34.0. The lowest BCUT2D eigenvalue weighted by Crippen LogP contribution is -2.26. The number of allylic oxidation sites excluding steroid dienone is 2. The quantitative estimate of drug-likeness (QED) is 0.225. The topological polar surface area (TPSA) is 9.23 Å². The third kappa shape index (κ3) is 9.27. The third-order valence-electron chi connectivity index (χ3n) is 8.74. The van der Waals surface area contributed by atoms with Gasteiger partial charge in [0.1, 0.15) is 0 Å². The van der Waals surface area contributed by atoms with Gasteiger partial charge in [-0.05, 0) is 106 Å². The molecular weight excluding hydrogens is 402 g/mol. The molecule has 0 amide bonds. The highest BCUT2D eigenvalue weighted by Gasteiger charge is 2.30. The van der Waals surface area contributed by atoms with E-state index in [-0.39, 0.29) is 0 Å². The first kappa shape index (κ1) is 25.9.